The molecule has 0 heterocycles. The molecule has 0 saturated heterocycles. The first kappa shape index (κ1) is 38.6. The fraction of sp³-hybridized carbons (Fsp3) is 0.550. The van der Waals surface area contributed by atoms with Gasteiger partial charge in [0.1, 0.15) is 0 Å². The van der Waals surface area contributed by atoms with Crippen LogP contribution in [0.3, 0.4) is 0 Å². The summed E-state index contributed by atoms with van der Waals surface area (Å²) in [6.45, 7) is 6.66. The Labute approximate surface area is 278 Å². The van der Waals surface area contributed by atoms with Crippen LogP contribution in [0.2, 0.25) is 0 Å². The molecule has 0 fully saturated rings. The van der Waals surface area contributed by atoms with E-state index in [0.29, 0.717) is 0 Å². The Morgan fingerprint density at radius 3 is 1.51 bits per heavy atom. The van der Waals surface area contributed by atoms with Gasteiger partial charge in [-0.05, 0) is 55.7 Å². The quantitative estimate of drug-likeness (QED) is 0.0579. The van der Waals surface area contributed by atoms with Crippen molar-refractivity contribution in [3.8, 4) is 23.7 Å². The van der Waals surface area contributed by atoms with Crippen LogP contribution in [-0.2, 0) is 20.4 Å². The van der Waals surface area contributed by atoms with Gasteiger partial charge in [-0.1, -0.05) is 146 Å². The Morgan fingerprint density at radius 2 is 1.02 bits per heavy atom. The molecule has 3 heteroatoms. The van der Waals surface area contributed by atoms with Crippen LogP contribution in [0.15, 0.2) is 58.5 Å². The standard InChI is InChI=1S/C40H56N2.Pd/c1-4-7-9-11-13-15-17-19-21-23-27-36-29-25-31-39(33-36)41-35-38(6-3)42-40-32-26-30-37(34-40)28-24-22-20-18-16-14-12-10-8-5-2;/h25-26,29-35H,4-22H2,1-3H3;. The molecule has 0 bridgehead atoms. The Balaban J connectivity index is 0.00000924. The largest absolute Gasteiger partial charge is 0.255 e. The topological polar surface area (TPSA) is 24.7 Å². The summed E-state index contributed by atoms with van der Waals surface area (Å²) in [5.74, 6) is 13.4. The molecule has 0 aromatic heterocycles. The second-order valence-corrected chi connectivity index (χ2v) is 11.4. The maximum atomic E-state index is 4.85. The molecule has 2 aromatic rings. The zero-order valence-electron chi connectivity index (χ0n) is 27.3. The first-order valence-corrected chi connectivity index (χ1v) is 17.0. The average Bonchev–Trinajstić information content (AvgIpc) is 3.01. The van der Waals surface area contributed by atoms with Gasteiger partial charge in [-0.25, -0.2) is 0 Å². The van der Waals surface area contributed by atoms with Crippen molar-refractivity contribution < 1.29 is 20.4 Å². The van der Waals surface area contributed by atoms with E-state index in [4.69, 9.17) is 9.98 Å². The number of aliphatic imine (C=N–C) groups is 2. The predicted octanol–water partition coefficient (Wildman–Crippen LogP) is 12.3. The van der Waals surface area contributed by atoms with Crippen LogP contribution in [-0.4, -0.2) is 11.9 Å². The molecule has 2 aromatic carbocycles. The molecule has 2 nitrogen and oxygen atoms in total. The predicted molar refractivity (Wildman–Crippen MR) is 187 cm³/mol. The molecule has 2 rings (SSSR count). The smallest absolute Gasteiger partial charge is 0.0646 e. The SMILES string of the molecule is CCCCCCCCCCC#Cc1cccc(N=CC(CC)=Nc2cccc(C#CCCCCCCCCCC)c2)c1.[Pd]. The van der Waals surface area contributed by atoms with Crippen LogP contribution in [0, 0.1) is 23.7 Å². The van der Waals surface area contributed by atoms with Crippen LogP contribution < -0.4 is 0 Å². The molecule has 0 saturated carbocycles. The van der Waals surface area contributed by atoms with Gasteiger partial charge in [0.2, 0.25) is 0 Å². The van der Waals surface area contributed by atoms with E-state index in [1.165, 1.54) is 103 Å². The van der Waals surface area contributed by atoms with Crippen LogP contribution in [0.4, 0.5) is 11.4 Å². The normalized spacial score (nSPS) is 11.0. The van der Waals surface area contributed by atoms with Crippen LogP contribution >= 0.6 is 0 Å². The van der Waals surface area contributed by atoms with Crippen LogP contribution in [0.5, 0.6) is 0 Å². The molecule has 0 radical (unpaired) electrons. The van der Waals surface area contributed by atoms with Gasteiger partial charge in [0, 0.05) is 50.6 Å². The van der Waals surface area contributed by atoms with Gasteiger partial charge >= 0.3 is 0 Å². The van der Waals surface area contributed by atoms with E-state index in [1.807, 2.05) is 30.5 Å². The fourth-order valence-corrected chi connectivity index (χ4v) is 4.85. The van der Waals surface area contributed by atoms with Crippen molar-refractivity contribution in [2.24, 2.45) is 9.98 Å². The Hall–Kier alpha value is -2.44. The molecule has 0 spiro atoms. The third kappa shape index (κ3) is 20.2. The second kappa shape index (κ2) is 27.1. The molecule has 0 aliphatic rings. The molecule has 0 amide bonds. The number of hydrogen-bond donors (Lipinski definition) is 0. The molecule has 0 N–H and O–H groups in total. The first-order chi connectivity index (χ1) is 20.7. The molecule has 0 unspecified atom stereocenters. The summed E-state index contributed by atoms with van der Waals surface area (Å²) in [5.41, 5.74) is 4.84. The van der Waals surface area contributed by atoms with Gasteiger partial charge in [0.15, 0.2) is 0 Å². The number of benzene rings is 2. The summed E-state index contributed by atoms with van der Waals surface area (Å²) in [6, 6.07) is 16.4. The molecular weight excluding hydrogens is 615 g/mol. The van der Waals surface area contributed by atoms with Crippen molar-refractivity contribution in [1.29, 1.82) is 0 Å². The molecule has 43 heavy (non-hydrogen) atoms. The Morgan fingerprint density at radius 1 is 0.581 bits per heavy atom. The minimum atomic E-state index is 0. The zero-order chi connectivity index (χ0) is 29.9. The van der Waals surface area contributed by atoms with E-state index in [1.54, 1.807) is 0 Å². The molecule has 0 aliphatic carbocycles. The van der Waals surface area contributed by atoms with Gasteiger partial charge in [-0.3, -0.25) is 9.98 Å². The third-order valence-electron chi connectivity index (χ3n) is 7.47. The van der Waals surface area contributed by atoms with Crippen LogP contribution in [0.1, 0.15) is 154 Å². The maximum Gasteiger partial charge on any atom is 0.0646 e. The van der Waals surface area contributed by atoms with Gasteiger partial charge in [0.05, 0.1) is 17.1 Å². The Kier molecular flexibility index (Phi) is 24.4. The van der Waals surface area contributed by atoms with E-state index < -0.39 is 0 Å². The van der Waals surface area contributed by atoms with Crippen molar-refractivity contribution in [1.82, 2.24) is 0 Å². The molecular formula is C40H56N2Pd. The first-order valence-electron chi connectivity index (χ1n) is 17.0. The van der Waals surface area contributed by atoms with Gasteiger partial charge < -0.3 is 0 Å². The minimum absolute atomic E-state index is 0. The second-order valence-electron chi connectivity index (χ2n) is 11.4. The summed E-state index contributed by atoms with van der Waals surface area (Å²) in [5, 5.41) is 0. The molecule has 0 aliphatic heterocycles. The summed E-state index contributed by atoms with van der Waals surface area (Å²) < 4.78 is 0. The summed E-state index contributed by atoms with van der Waals surface area (Å²) in [4.78, 5) is 9.56. The average molecular weight is 671 g/mol. The van der Waals surface area contributed by atoms with Crippen molar-refractivity contribution in [2.75, 3.05) is 0 Å². The van der Waals surface area contributed by atoms with E-state index in [0.717, 1.165) is 47.5 Å². The minimum Gasteiger partial charge on any atom is -0.255 e. The van der Waals surface area contributed by atoms with Crippen molar-refractivity contribution >= 4 is 23.3 Å². The van der Waals surface area contributed by atoms with Crippen molar-refractivity contribution in [2.45, 2.75) is 143 Å². The third-order valence-corrected chi connectivity index (χ3v) is 7.47. The fourth-order valence-electron chi connectivity index (χ4n) is 4.85. The van der Waals surface area contributed by atoms with Crippen molar-refractivity contribution in [3.63, 3.8) is 0 Å². The molecule has 0 atom stereocenters. The van der Waals surface area contributed by atoms with Gasteiger partial charge in [0.25, 0.3) is 0 Å². The van der Waals surface area contributed by atoms with E-state index in [9.17, 15) is 0 Å². The zero-order valence-corrected chi connectivity index (χ0v) is 28.9. The van der Waals surface area contributed by atoms with E-state index in [-0.39, 0.29) is 20.4 Å². The van der Waals surface area contributed by atoms with Crippen LogP contribution in [0.25, 0.3) is 0 Å². The summed E-state index contributed by atoms with van der Waals surface area (Å²) in [6.07, 6.45) is 26.0. The van der Waals surface area contributed by atoms with Gasteiger partial charge in [-0.2, -0.15) is 0 Å². The summed E-state index contributed by atoms with van der Waals surface area (Å²) in [7, 11) is 0. The van der Waals surface area contributed by atoms with Gasteiger partial charge in [-0.15, -0.1) is 0 Å². The number of rotatable bonds is 20. The number of unbranched alkanes of at least 4 members (excludes halogenated alkanes) is 16. The molecule has 236 valence electrons. The van der Waals surface area contributed by atoms with E-state index >= 15 is 0 Å². The monoisotopic (exact) mass is 670 g/mol. The van der Waals surface area contributed by atoms with E-state index in [2.05, 4.69) is 68.7 Å². The number of hydrogen-bond acceptors (Lipinski definition) is 2. The number of nitrogens with zero attached hydrogens (tertiary/aromatic N) is 2. The maximum absolute atomic E-state index is 4.85. The summed E-state index contributed by atoms with van der Waals surface area (Å²) >= 11 is 0. The Bertz CT molecular complexity index is 1170. The van der Waals surface area contributed by atoms with Crippen molar-refractivity contribution in [3.05, 3.63) is 59.7 Å².